The number of rotatable bonds is 3. The molecule has 0 spiro atoms. The van der Waals surface area contributed by atoms with Crippen molar-refractivity contribution in [2.45, 2.75) is 12.5 Å². The molecule has 1 heterocycles. The number of guanidine groups is 1. The molecule has 0 aromatic heterocycles. The fourth-order valence-electron chi connectivity index (χ4n) is 2.66. The number of aliphatic imine (C=N–C) groups is 1. The van der Waals surface area contributed by atoms with Crippen LogP contribution >= 0.6 is 11.6 Å². The van der Waals surface area contributed by atoms with Gasteiger partial charge in [0.05, 0.1) is 12.6 Å². The molecule has 0 bridgehead atoms. The van der Waals surface area contributed by atoms with Crippen molar-refractivity contribution in [3.05, 3.63) is 53.1 Å². The first-order valence-electron chi connectivity index (χ1n) is 7.62. The number of ether oxygens (including phenoxy) is 1. The van der Waals surface area contributed by atoms with E-state index in [9.17, 15) is 4.79 Å². The monoisotopic (exact) mass is 343 g/mol. The van der Waals surface area contributed by atoms with Crippen LogP contribution in [0.3, 0.4) is 0 Å². The van der Waals surface area contributed by atoms with Crippen LogP contribution in [0.2, 0.25) is 5.02 Å². The summed E-state index contributed by atoms with van der Waals surface area (Å²) in [4.78, 5) is 16.6. The summed E-state index contributed by atoms with van der Waals surface area (Å²) in [6.07, 6.45) is 1.35. The molecule has 2 aromatic rings. The minimum absolute atomic E-state index is 0.143. The van der Waals surface area contributed by atoms with Gasteiger partial charge in [0.15, 0.2) is 5.96 Å². The molecule has 1 aliphatic heterocycles. The highest BCUT2D eigenvalue weighted by atomic mass is 35.5. The molecule has 1 atom stereocenters. The lowest BCUT2D eigenvalue weighted by atomic mass is 9.96. The van der Waals surface area contributed by atoms with Crippen molar-refractivity contribution in [2.75, 3.05) is 13.7 Å². The molecule has 124 valence electrons. The smallest absolute Gasteiger partial charge is 0.216 e. The third-order valence-electron chi connectivity index (χ3n) is 3.98. The normalized spacial score (nSPS) is 16.9. The van der Waals surface area contributed by atoms with E-state index in [-0.39, 0.29) is 12.0 Å². The van der Waals surface area contributed by atoms with Gasteiger partial charge in [-0.1, -0.05) is 29.8 Å². The number of nitrogens with two attached hydrogens (primary N) is 1. The third kappa shape index (κ3) is 3.36. The zero-order valence-electron chi connectivity index (χ0n) is 13.3. The molecule has 0 saturated carbocycles. The second kappa shape index (κ2) is 6.93. The van der Waals surface area contributed by atoms with Crippen molar-refractivity contribution in [3.8, 4) is 16.9 Å². The van der Waals surface area contributed by atoms with E-state index in [2.05, 4.69) is 4.99 Å². The zero-order chi connectivity index (χ0) is 17.1. The van der Waals surface area contributed by atoms with Gasteiger partial charge in [0, 0.05) is 24.1 Å². The van der Waals surface area contributed by atoms with Crippen LogP contribution in [0.15, 0.2) is 47.5 Å². The van der Waals surface area contributed by atoms with Gasteiger partial charge in [-0.25, -0.2) is 4.99 Å². The number of halogens is 1. The largest absolute Gasteiger partial charge is 0.493 e. The lowest BCUT2D eigenvalue weighted by Crippen LogP contribution is -2.33. The van der Waals surface area contributed by atoms with Crippen LogP contribution in [0.25, 0.3) is 11.1 Å². The molecule has 1 aliphatic rings. The van der Waals surface area contributed by atoms with Crippen LogP contribution in [0, 0.1) is 0 Å². The van der Waals surface area contributed by atoms with Crippen LogP contribution in [-0.2, 0) is 4.79 Å². The molecule has 3 rings (SSSR count). The highest BCUT2D eigenvalue weighted by Crippen LogP contribution is 2.37. The second-order valence-electron chi connectivity index (χ2n) is 5.62. The summed E-state index contributed by atoms with van der Waals surface area (Å²) in [5.74, 6) is 0.985. The van der Waals surface area contributed by atoms with Gasteiger partial charge >= 0.3 is 0 Å². The van der Waals surface area contributed by atoms with Gasteiger partial charge in [-0.2, -0.15) is 0 Å². The Morgan fingerprint density at radius 3 is 2.88 bits per heavy atom. The Kier molecular flexibility index (Phi) is 4.71. The lowest BCUT2D eigenvalue weighted by molar-refractivity contribution is -0.114. The molecule has 0 fully saturated rings. The van der Waals surface area contributed by atoms with Crippen LogP contribution in [0.5, 0.6) is 5.75 Å². The fraction of sp³-hybridized carbons (Fsp3) is 0.222. The summed E-state index contributed by atoms with van der Waals surface area (Å²) >= 11 is 6.08. The summed E-state index contributed by atoms with van der Waals surface area (Å²) in [6, 6.07) is 13.5. The molecule has 24 heavy (non-hydrogen) atoms. The number of hydrogen-bond donors (Lipinski definition) is 1. The van der Waals surface area contributed by atoms with E-state index in [1.165, 1.54) is 4.90 Å². The Morgan fingerprint density at radius 2 is 2.12 bits per heavy atom. The Morgan fingerprint density at radius 1 is 1.33 bits per heavy atom. The number of fused-ring (bicyclic) bond motifs is 1. The van der Waals surface area contributed by atoms with Crippen molar-refractivity contribution in [3.63, 3.8) is 0 Å². The lowest BCUT2D eigenvalue weighted by Gasteiger charge is -2.25. The molecule has 5 nitrogen and oxygen atoms in total. The van der Waals surface area contributed by atoms with Crippen LogP contribution < -0.4 is 10.5 Å². The van der Waals surface area contributed by atoms with E-state index < -0.39 is 0 Å². The first-order valence-corrected chi connectivity index (χ1v) is 8.00. The number of amides is 1. The van der Waals surface area contributed by atoms with Gasteiger partial charge in [0.1, 0.15) is 5.75 Å². The predicted octanol–water partition coefficient (Wildman–Crippen LogP) is 3.23. The standard InChI is InChI=1S/C18H18ClN3O2/c1-22(11-23)18(20)21-16-7-8-24-17-6-5-13(10-15(16)17)12-3-2-4-14(19)9-12/h2-6,9-11,16H,7-8H2,1H3,(H2,20,21). The molecule has 6 heteroatoms. The molecule has 1 amide bonds. The van der Waals surface area contributed by atoms with Gasteiger partial charge in [0.25, 0.3) is 0 Å². The molecule has 0 aliphatic carbocycles. The van der Waals surface area contributed by atoms with Gasteiger partial charge in [-0.05, 0) is 35.4 Å². The van der Waals surface area contributed by atoms with Gasteiger partial charge < -0.3 is 10.5 Å². The maximum absolute atomic E-state index is 10.8. The molecular weight excluding hydrogens is 326 g/mol. The summed E-state index contributed by atoms with van der Waals surface area (Å²) in [6.45, 7) is 0.565. The molecular formula is C18H18ClN3O2. The van der Waals surface area contributed by atoms with E-state index >= 15 is 0 Å². The average Bonchev–Trinajstić information content (AvgIpc) is 2.61. The quantitative estimate of drug-likeness (QED) is 0.528. The first kappa shape index (κ1) is 16.3. The Labute approximate surface area is 145 Å². The second-order valence-corrected chi connectivity index (χ2v) is 6.06. The maximum atomic E-state index is 10.8. The minimum atomic E-state index is -0.143. The van der Waals surface area contributed by atoms with E-state index in [0.717, 1.165) is 22.4 Å². The minimum Gasteiger partial charge on any atom is -0.493 e. The van der Waals surface area contributed by atoms with Gasteiger partial charge in [0.2, 0.25) is 6.41 Å². The van der Waals surface area contributed by atoms with Crippen molar-refractivity contribution >= 4 is 24.0 Å². The highest BCUT2D eigenvalue weighted by Gasteiger charge is 2.22. The van der Waals surface area contributed by atoms with Crippen molar-refractivity contribution in [2.24, 2.45) is 10.7 Å². The molecule has 1 unspecified atom stereocenters. The van der Waals surface area contributed by atoms with E-state index in [1.807, 2.05) is 42.5 Å². The first-order chi connectivity index (χ1) is 11.6. The SMILES string of the molecule is CN(C=O)C(N)=NC1CCOc2ccc(-c3cccc(Cl)c3)cc21. The Bertz CT molecular complexity index is 792. The predicted molar refractivity (Wildman–Crippen MR) is 95.2 cm³/mol. The molecule has 0 radical (unpaired) electrons. The van der Waals surface area contributed by atoms with Crippen molar-refractivity contribution in [1.29, 1.82) is 0 Å². The Balaban J connectivity index is 2.00. The summed E-state index contributed by atoms with van der Waals surface area (Å²) < 4.78 is 5.72. The maximum Gasteiger partial charge on any atom is 0.216 e. The molecule has 2 aromatic carbocycles. The zero-order valence-corrected chi connectivity index (χ0v) is 14.0. The van der Waals surface area contributed by atoms with Crippen LogP contribution in [-0.4, -0.2) is 30.9 Å². The van der Waals surface area contributed by atoms with E-state index in [0.29, 0.717) is 24.5 Å². The number of nitrogens with zero attached hydrogens (tertiary/aromatic N) is 2. The molecule has 0 saturated heterocycles. The van der Waals surface area contributed by atoms with Crippen LogP contribution in [0.4, 0.5) is 0 Å². The highest BCUT2D eigenvalue weighted by molar-refractivity contribution is 6.30. The number of hydrogen-bond acceptors (Lipinski definition) is 3. The summed E-state index contributed by atoms with van der Waals surface area (Å²) in [5, 5.41) is 0.688. The summed E-state index contributed by atoms with van der Waals surface area (Å²) in [7, 11) is 1.58. The van der Waals surface area contributed by atoms with Crippen LogP contribution in [0.1, 0.15) is 18.0 Å². The fourth-order valence-corrected chi connectivity index (χ4v) is 2.85. The number of carbonyl (C=O) groups is 1. The average molecular weight is 344 g/mol. The molecule has 2 N–H and O–H groups in total. The van der Waals surface area contributed by atoms with Crippen molar-refractivity contribution in [1.82, 2.24) is 4.90 Å². The van der Waals surface area contributed by atoms with E-state index in [1.54, 1.807) is 7.05 Å². The Hall–Kier alpha value is -2.53. The third-order valence-corrected chi connectivity index (χ3v) is 4.22. The van der Waals surface area contributed by atoms with Gasteiger partial charge in [-0.15, -0.1) is 0 Å². The van der Waals surface area contributed by atoms with Gasteiger partial charge in [-0.3, -0.25) is 9.69 Å². The summed E-state index contributed by atoms with van der Waals surface area (Å²) in [5.41, 5.74) is 8.89. The van der Waals surface area contributed by atoms with E-state index in [4.69, 9.17) is 22.1 Å². The van der Waals surface area contributed by atoms with Crippen molar-refractivity contribution < 1.29 is 9.53 Å². The number of carbonyl (C=O) groups excluding carboxylic acids is 1. The number of benzene rings is 2. The topological polar surface area (TPSA) is 67.9 Å².